The average molecular weight is 286 g/mol. The zero-order valence-corrected chi connectivity index (χ0v) is 13.2. The molecule has 2 heteroatoms. The molecule has 0 radical (unpaired) electrons. The van der Waals surface area contributed by atoms with E-state index >= 15 is 0 Å². The molecule has 0 heterocycles. The summed E-state index contributed by atoms with van der Waals surface area (Å²) in [4.78, 5) is 1.26. The summed E-state index contributed by atoms with van der Waals surface area (Å²) < 4.78 is 0. The van der Waals surface area contributed by atoms with E-state index in [2.05, 4.69) is 51.1 Å². The second kappa shape index (κ2) is 6.96. The highest BCUT2D eigenvalue weighted by Crippen LogP contribution is 2.24. The standard InChI is InChI=1S/C18H22OS/c1-4-20-17-9-7-15(8-10-17)18(19)12-16-11-13(2)5-6-14(16)3/h5-11,18-19H,4,12H2,1-3H3. The first-order chi connectivity index (χ1) is 9.60. The van der Waals surface area contributed by atoms with Gasteiger partial charge in [0, 0.05) is 11.3 Å². The van der Waals surface area contributed by atoms with E-state index in [1.807, 2.05) is 23.9 Å². The van der Waals surface area contributed by atoms with Crippen LogP contribution >= 0.6 is 11.8 Å². The molecule has 0 bridgehead atoms. The summed E-state index contributed by atoms with van der Waals surface area (Å²) in [7, 11) is 0. The van der Waals surface area contributed by atoms with Crippen LogP contribution in [0.15, 0.2) is 47.4 Å². The van der Waals surface area contributed by atoms with Crippen molar-refractivity contribution in [3.05, 3.63) is 64.7 Å². The molecule has 0 aromatic heterocycles. The van der Waals surface area contributed by atoms with Gasteiger partial charge in [0.15, 0.2) is 0 Å². The van der Waals surface area contributed by atoms with Crippen LogP contribution in [-0.4, -0.2) is 10.9 Å². The molecule has 1 N–H and O–H groups in total. The van der Waals surface area contributed by atoms with Gasteiger partial charge >= 0.3 is 0 Å². The number of hydrogen-bond donors (Lipinski definition) is 1. The van der Waals surface area contributed by atoms with Crippen molar-refractivity contribution >= 4 is 11.8 Å². The van der Waals surface area contributed by atoms with Crippen molar-refractivity contribution in [2.24, 2.45) is 0 Å². The van der Waals surface area contributed by atoms with Gasteiger partial charge in [-0.15, -0.1) is 11.8 Å². The van der Waals surface area contributed by atoms with Gasteiger partial charge in [0.1, 0.15) is 0 Å². The summed E-state index contributed by atoms with van der Waals surface area (Å²) in [6.07, 6.45) is 0.240. The summed E-state index contributed by atoms with van der Waals surface area (Å²) in [5.74, 6) is 1.07. The van der Waals surface area contributed by atoms with Gasteiger partial charge in [-0.05, 0) is 48.4 Å². The van der Waals surface area contributed by atoms with Crippen LogP contribution in [-0.2, 0) is 6.42 Å². The van der Waals surface area contributed by atoms with Crippen LogP contribution in [0.5, 0.6) is 0 Å². The lowest BCUT2D eigenvalue weighted by atomic mass is 9.97. The van der Waals surface area contributed by atoms with Gasteiger partial charge < -0.3 is 5.11 Å². The van der Waals surface area contributed by atoms with Crippen molar-refractivity contribution in [2.45, 2.75) is 38.2 Å². The highest BCUT2D eigenvalue weighted by molar-refractivity contribution is 7.99. The van der Waals surface area contributed by atoms with E-state index in [1.165, 1.54) is 21.6 Å². The van der Waals surface area contributed by atoms with E-state index in [4.69, 9.17) is 0 Å². The summed E-state index contributed by atoms with van der Waals surface area (Å²) >= 11 is 1.82. The number of rotatable bonds is 5. The van der Waals surface area contributed by atoms with Gasteiger partial charge in [0.05, 0.1) is 6.10 Å². The first-order valence-electron chi connectivity index (χ1n) is 7.07. The maximum absolute atomic E-state index is 10.4. The highest BCUT2D eigenvalue weighted by Gasteiger charge is 2.10. The minimum absolute atomic E-state index is 0.434. The lowest BCUT2D eigenvalue weighted by Crippen LogP contribution is -2.03. The van der Waals surface area contributed by atoms with E-state index in [9.17, 15) is 5.11 Å². The lowest BCUT2D eigenvalue weighted by Gasteiger charge is -2.14. The number of aliphatic hydroxyl groups excluding tert-OH is 1. The van der Waals surface area contributed by atoms with Crippen molar-refractivity contribution in [1.82, 2.24) is 0 Å². The lowest BCUT2D eigenvalue weighted by molar-refractivity contribution is 0.178. The third-order valence-electron chi connectivity index (χ3n) is 3.49. The van der Waals surface area contributed by atoms with Crippen molar-refractivity contribution in [3.63, 3.8) is 0 Å². The summed E-state index contributed by atoms with van der Waals surface area (Å²) in [6.45, 7) is 6.34. The Balaban J connectivity index is 2.11. The van der Waals surface area contributed by atoms with Crippen LogP contribution in [0.1, 0.15) is 35.3 Å². The van der Waals surface area contributed by atoms with E-state index in [0.29, 0.717) is 6.42 Å². The maximum Gasteiger partial charge on any atom is 0.0830 e. The molecule has 106 valence electrons. The summed E-state index contributed by atoms with van der Waals surface area (Å²) in [5, 5.41) is 10.4. The molecule has 0 aliphatic heterocycles. The molecule has 0 aliphatic rings. The first-order valence-corrected chi connectivity index (χ1v) is 8.05. The van der Waals surface area contributed by atoms with Crippen LogP contribution in [0.4, 0.5) is 0 Å². The Hall–Kier alpha value is -1.25. The Kier molecular flexibility index (Phi) is 5.27. The zero-order chi connectivity index (χ0) is 14.5. The minimum atomic E-state index is -0.434. The van der Waals surface area contributed by atoms with E-state index < -0.39 is 6.10 Å². The molecule has 0 saturated heterocycles. The fraction of sp³-hybridized carbons (Fsp3) is 0.333. The maximum atomic E-state index is 10.4. The predicted molar refractivity (Wildman–Crippen MR) is 87.4 cm³/mol. The normalized spacial score (nSPS) is 12.4. The van der Waals surface area contributed by atoms with Crippen molar-refractivity contribution in [3.8, 4) is 0 Å². The molecule has 2 rings (SSSR count). The largest absolute Gasteiger partial charge is 0.388 e. The molecule has 0 saturated carbocycles. The fourth-order valence-electron chi connectivity index (χ4n) is 2.30. The van der Waals surface area contributed by atoms with Gasteiger partial charge in [-0.2, -0.15) is 0 Å². The molecule has 20 heavy (non-hydrogen) atoms. The van der Waals surface area contributed by atoms with Crippen LogP contribution in [0, 0.1) is 13.8 Å². The third kappa shape index (κ3) is 3.87. The molecule has 1 nitrogen and oxygen atoms in total. The molecule has 1 unspecified atom stereocenters. The molecule has 0 fully saturated rings. The smallest absolute Gasteiger partial charge is 0.0830 e. The molecule has 2 aromatic rings. The monoisotopic (exact) mass is 286 g/mol. The molecular weight excluding hydrogens is 264 g/mol. The van der Waals surface area contributed by atoms with E-state index in [1.54, 1.807) is 0 Å². The predicted octanol–water partition coefficient (Wildman–Crippen LogP) is 4.69. The van der Waals surface area contributed by atoms with Crippen LogP contribution in [0.3, 0.4) is 0 Å². The van der Waals surface area contributed by atoms with Gasteiger partial charge in [0.2, 0.25) is 0 Å². The Labute approximate surface area is 126 Å². The Morgan fingerprint density at radius 2 is 1.75 bits per heavy atom. The van der Waals surface area contributed by atoms with Gasteiger partial charge in [-0.1, -0.05) is 42.8 Å². The zero-order valence-electron chi connectivity index (χ0n) is 12.4. The Morgan fingerprint density at radius 3 is 2.40 bits per heavy atom. The Morgan fingerprint density at radius 1 is 1.05 bits per heavy atom. The van der Waals surface area contributed by atoms with Crippen LogP contribution in [0.25, 0.3) is 0 Å². The van der Waals surface area contributed by atoms with Crippen molar-refractivity contribution in [1.29, 1.82) is 0 Å². The van der Waals surface area contributed by atoms with Crippen LogP contribution in [0.2, 0.25) is 0 Å². The molecule has 0 amide bonds. The second-order valence-corrected chi connectivity index (χ2v) is 6.49. The van der Waals surface area contributed by atoms with Gasteiger partial charge in [-0.3, -0.25) is 0 Å². The number of benzene rings is 2. The number of hydrogen-bond acceptors (Lipinski definition) is 2. The Bertz CT molecular complexity index is 560. The molecule has 0 spiro atoms. The van der Waals surface area contributed by atoms with Gasteiger partial charge in [0.25, 0.3) is 0 Å². The van der Waals surface area contributed by atoms with Gasteiger partial charge in [-0.25, -0.2) is 0 Å². The molecular formula is C18H22OS. The summed E-state index contributed by atoms with van der Waals surface area (Å²) in [6, 6.07) is 14.7. The molecule has 1 atom stereocenters. The molecule has 2 aromatic carbocycles. The van der Waals surface area contributed by atoms with Crippen LogP contribution < -0.4 is 0 Å². The highest BCUT2D eigenvalue weighted by atomic mass is 32.2. The topological polar surface area (TPSA) is 20.2 Å². The van der Waals surface area contributed by atoms with E-state index in [-0.39, 0.29) is 0 Å². The summed E-state index contributed by atoms with van der Waals surface area (Å²) in [5.41, 5.74) is 4.70. The van der Waals surface area contributed by atoms with Crippen molar-refractivity contribution in [2.75, 3.05) is 5.75 Å². The second-order valence-electron chi connectivity index (χ2n) is 5.15. The minimum Gasteiger partial charge on any atom is -0.388 e. The average Bonchev–Trinajstić information content (AvgIpc) is 2.44. The van der Waals surface area contributed by atoms with Crippen molar-refractivity contribution < 1.29 is 5.11 Å². The number of aliphatic hydroxyl groups is 1. The first kappa shape index (κ1) is 15.1. The third-order valence-corrected chi connectivity index (χ3v) is 4.39. The quantitative estimate of drug-likeness (QED) is 0.805. The SMILES string of the molecule is CCSc1ccc(C(O)Cc2cc(C)ccc2C)cc1. The van der Waals surface area contributed by atoms with E-state index in [0.717, 1.165) is 11.3 Å². The fourth-order valence-corrected chi connectivity index (χ4v) is 2.96. The molecule has 0 aliphatic carbocycles. The number of aryl methyl sites for hydroxylation is 2. The number of thioether (sulfide) groups is 1.